The average Bonchev–Trinajstić information content (AvgIpc) is 2.50. The number of allylic oxidation sites excluding steroid dienone is 3. The quantitative estimate of drug-likeness (QED) is 0.498. The van der Waals surface area contributed by atoms with Crippen molar-refractivity contribution >= 4 is 13.9 Å². The van der Waals surface area contributed by atoms with E-state index in [0.29, 0.717) is 0 Å². The molecule has 0 saturated carbocycles. The Morgan fingerprint density at radius 3 is 2.62 bits per heavy atom. The lowest BCUT2D eigenvalue weighted by molar-refractivity contribution is -0.111. The van der Waals surface area contributed by atoms with Crippen LogP contribution < -0.4 is 0 Å². The van der Waals surface area contributed by atoms with E-state index in [1.165, 1.54) is 0 Å². The number of hydrogen-bond donors (Lipinski definition) is 0. The van der Waals surface area contributed by atoms with Crippen LogP contribution in [0.1, 0.15) is 19.3 Å². The van der Waals surface area contributed by atoms with Crippen molar-refractivity contribution in [3.63, 3.8) is 0 Å². The lowest BCUT2D eigenvalue weighted by Crippen LogP contribution is -2.16. The van der Waals surface area contributed by atoms with Crippen LogP contribution in [0.3, 0.4) is 0 Å². The smallest absolute Gasteiger partial charge is 0.180 e. The number of hydrogen-bond acceptors (Lipinski definition) is 1. The Balaban J connectivity index is 2.55. The summed E-state index contributed by atoms with van der Waals surface area (Å²) in [4.78, 5) is 11.6. The maximum Gasteiger partial charge on any atom is 0.180 e. The highest BCUT2D eigenvalue weighted by molar-refractivity contribution is 6.81. The van der Waals surface area contributed by atoms with Crippen molar-refractivity contribution in [1.29, 1.82) is 0 Å². The van der Waals surface area contributed by atoms with Crippen molar-refractivity contribution in [3.8, 4) is 0 Å². The summed E-state index contributed by atoms with van der Waals surface area (Å²) in [6.07, 6.45) is 7.08. The topological polar surface area (TPSA) is 17.1 Å². The number of carbonyl (C=O) groups excluding carboxylic acids is 1. The molecule has 0 saturated heterocycles. The second-order valence-corrected chi connectivity index (χ2v) is 9.75. The third-order valence-corrected chi connectivity index (χ3v) is 3.26. The predicted molar refractivity (Wildman–Crippen MR) is 59.4 cm³/mol. The molecule has 0 amide bonds. The molecule has 0 spiro atoms. The molecule has 0 aromatic heterocycles. The van der Waals surface area contributed by atoms with Gasteiger partial charge in [-0.1, -0.05) is 31.4 Å². The molecule has 0 heterocycles. The minimum absolute atomic E-state index is 0.236. The Morgan fingerprint density at radius 2 is 2.15 bits per heavy atom. The third-order valence-electron chi connectivity index (χ3n) is 2.09. The average molecular weight is 194 g/mol. The first-order valence-corrected chi connectivity index (χ1v) is 8.49. The zero-order valence-corrected chi connectivity index (χ0v) is 9.76. The van der Waals surface area contributed by atoms with Crippen molar-refractivity contribution in [2.75, 3.05) is 0 Å². The van der Waals surface area contributed by atoms with E-state index in [4.69, 9.17) is 0 Å². The summed E-state index contributed by atoms with van der Waals surface area (Å²) in [6, 6.07) is 0. The van der Waals surface area contributed by atoms with Gasteiger partial charge in [0.05, 0.1) is 8.07 Å². The van der Waals surface area contributed by atoms with Crippen LogP contribution in [0.2, 0.25) is 19.6 Å². The van der Waals surface area contributed by atoms with Gasteiger partial charge in [0.15, 0.2) is 5.78 Å². The molecule has 0 aromatic carbocycles. The van der Waals surface area contributed by atoms with Crippen LogP contribution in [-0.2, 0) is 4.79 Å². The van der Waals surface area contributed by atoms with Gasteiger partial charge in [-0.05, 0) is 30.9 Å². The highest BCUT2D eigenvalue weighted by atomic mass is 28.3. The summed E-state index contributed by atoms with van der Waals surface area (Å²) in [5.41, 5.74) is 3.14. The summed E-state index contributed by atoms with van der Waals surface area (Å²) in [6.45, 7) is 6.71. The van der Waals surface area contributed by atoms with Crippen LogP contribution in [0.5, 0.6) is 0 Å². The van der Waals surface area contributed by atoms with Crippen molar-refractivity contribution in [1.82, 2.24) is 0 Å². The Kier molecular flexibility index (Phi) is 3.26. The molecule has 0 bridgehead atoms. The minimum atomic E-state index is -1.20. The molecule has 0 radical (unpaired) electrons. The zero-order chi connectivity index (χ0) is 9.90. The molecule has 0 atom stereocenters. The van der Waals surface area contributed by atoms with Crippen molar-refractivity contribution in [2.24, 2.45) is 0 Å². The molecule has 1 nitrogen and oxygen atoms in total. The first kappa shape index (κ1) is 10.4. The van der Waals surface area contributed by atoms with E-state index in [1.807, 2.05) is 0 Å². The second kappa shape index (κ2) is 4.05. The molecule has 0 fully saturated rings. The fourth-order valence-electron chi connectivity index (χ4n) is 1.33. The van der Waals surface area contributed by atoms with E-state index >= 15 is 0 Å². The van der Waals surface area contributed by atoms with Crippen molar-refractivity contribution in [3.05, 3.63) is 23.4 Å². The maximum absolute atomic E-state index is 11.6. The maximum atomic E-state index is 11.6. The van der Waals surface area contributed by atoms with Crippen molar-refractivity contribution < 1.29 is 4.79 Å². The van der Waals surface area contributed by atoms with E-state index in [-0.39, 0.29) is 5.78 Å². The van der Waals surface area contributed by atoms with Crippen LogP contribution in [0.4, 0.5) is 0 Å². The normalized spacial score (nSPS) is 17.9. The fourth-order valence-corrected chi connectivity index (χ4v) is 1.98. The SMILES string of the molecule is C[Si](C)(C)C=CC(=O)C1=CCCC1. The van der Waals surface area contributed by atoms with E-state index in [9.17, 15) is 4.79 Å². The van der Waals surface area contributed by atoms with Crippen LogP contribution in [-0.4, -0.2) is 13.9 Å². The van der Waals surface area contributed by atoms with Gasteiger partial charge in [-0.3, -0.25) is 4.79 Å². The number of ketones is 1. The zero-order valence-electron chi connectivity index (χ0n) is 8.76. The summed E-state index contributed by atoms with van der Waals surface area (Å²) < 4.78 is 0. The predicted octanol–water partition coefficient (Wildman–Crippen LogP) is 3.10. The lowest BCUT2D eigenvalue weighted by atomic mass is 10.1. The number of carbonyl (C=O) groups is 1. The molecular weight excluding hydrogens is 176 g/mol. The highest BCUT2D eigenvalue weighted by Gasteiger charge is 2.12. The van der Waals surface area contributed by atoms with E-state index in [0.717, 1.165) is 24.8 Å². The molecule has 1 rings (SSSR count). The molecular formula is C11H18OSi. The Morgan fingerprint density at radius 1 is 1.46 bits per heavy atom. The Labute approximate surface area is 81.5 Å². The van der Waals surface area contributed by atoms with Gasteiger partial charge >= 0.3 is 0 Å². The molecule has 0 unspecified atom stereocenters. The van der Waals surface area contributed by atoms with Crippen LogP contribution in [0.15, 0.2) is 23.4 Å². The minimum Gasteiger partial charge on any atom is -0.290 e. The summed E-state index contributed by atoms with van der Waals surface area (Å²) in [5, 5.41) is 0. The fraction of sp³-hybridized carbons (Fsp3) is 0.545. The van der Waals surface area contributed by atoms with E-state index in [1.54, 1.807) is 6.08 Å². The second-order valence-electron chi connectivity index (χ2n) is 4.69. The standard InChI is InChI=1S/C11H18OSi/c1-13(2,3)9-8-11(12)10-6-4-5-7-10/h6,8-9H,4-5,7H2,1-3H3. The third kappa shape index (κ3) is 3.72. The molecule has 72 valence electrons. The molecule has 1 aliphatic rings. The van der Waals surface area contributed by atoms with Crippen LogP contribution in [0, 0.1) is 0 Å². The summed E-state index contributed by atoms with van der Waals surface area (Å²) in [5.74, 6) is 0.236. The van der Waals surface area contributed by atoms with Gasteiger partial charge in [-0.15, -0.1) is 0 Å². The largest absolute Gasteiger partial charge is 0.290 e. The van der Waals surface area contributed by atoms with Crippen molar-refractivity contribution in [2.45, 2.75) is 38.9 Å². The van der Waals surface area contributed by atoms with Gasteiger partial charge in [0.25, 0.3) is 0 Å². The van der Waals surface area contributed by atoms with Gasteiger partial charge in [-0.2, -0.15) is 0 Å². The molecule has 2 heteroatoms. The van der Waals surface area contributed by atoms with Gasteiger partial charge in [-0.25, -0.2) is 0 Å². The first-order chi connectivity index (χ1) is 5.99. The first-order valence-electron chi connectivity index (χ1n) is 4.92. The number of rotatable bonds is 3. The molecule has 0 aliphatic heterocycles. The van der Waals surface area contributed by atoms with Crippen LogP contribution >= 0.6 is 0 Å². The highest BCUT2D eigenvalue weighted by Crippen LogP contribution is 2.18. The van der Waals surface area contributed by atoms with Gasteiger partial charge in [0.1, 0.15) is 0 Å². The monoisotopic (exact) mass is 194 g/mol. The molecule has 0 aromatic rings. The lowest BCUT2D eigenvalue weighted by Gasteiger charge is -2.07. The molecule has 13 heavy (non-hydrogen) atoms. The Hall–Kier alpha value is -0.633. The van der Waals surface area contributed by atoms with Gasteiger partial charge < -0.3 is 0 Å². The molecule has 0 N–H and O–H groups in total. The van der Waals surface area contributed by atoms with Gasteiger partial charge in [0.2, 0.25) is 0 Å². The molecule has 1 aliphatic carbocycles. The van der Waals surface area contributed by atoms with E-state index < -0.39 is 8.07 Å². The Bertz CT molecular complexity index is 256. The van der Waals surface area contributed by atoms with Gasteiger partial charge in [0, 0.05) is 0 Å². The summed E-state index contributed by atoms with van der Waals surface area (Å²) >= 11 is 0. The van der Waals surface area contributed by atoms with E-state index in [2.05, 4.69) is 31.4 Å². The van der Waals surface area contributed by atoms with Crippen LogP contribution in [0.25, 0.3) is 0 Å². The summed E-state index contributed by atoms with van der Waals surface area (Å²) in [7, 11) is -1.20.